The van der Waals surface area contributed by atoms with Gasteiger partial charge in [-0.1, -0.05) is 0 Å². The first kappa shape index (κ1) is 13.9. The molecule has 2 N–H and O–H groups in total. The Morgan fingerprint density at radius 3 is 2.65 bits per heavy atom. The highest BCUT2D eigenvalue weighted by Crippen LogP contribution is 2.23. The van der Waals surface area contributed by atoms with Crippen molar-refractivity contribution >= 4 is 11.4 Å². The first-order chi connectivity index (χ1) is 9.74. The minimum Gasteiger partial charge on any atom is -0.398 e. The largest absolute Gasteiger partial charge is 0.398 e. The Morgan fingerprint density at radius 1 is 1.25 bits per heavy atom. The summed E-state index contributed by atoms with van der Waals surface area (Å²) in [5, 5.41) is 8.84. The summed E-state index contributed by atoms with van der Waals surface area (Å²) in [6.07, 6.45) is 3.94. The van der Waals surface area contributed by atoms with Crippen molar-refractivity contribution in [3.8, 4) is 6.07 Å². The van der Waals surface area contributed by atoms with Crippen molar-refractivity contribution in [2.45, 2.75) is 19.9 Å². The van der Waals surface area contributed by atoms with Gasteiger partial charge in [-0.05, 0) is 48.4 Å². The van der Waals surface area contributed by atoms with Crippen LogP contribution in [0.15, 0.2) is 42.7 Å². The van der Waals surface area contributed by atoms with E-state index in [4.69, 9.17) is 11.0 Å². The van der Waals surface area contributed by atoms with Crippen LogP contribution >= 0.6 is 0 Å². The molecule has 2 rings (SSSR count). The molecule has 0 unspecified atom stereocenters. The average molecular weight is 266 g/mol. The molecule has 20 heavy (non-hydrogen) atoms. The van der Waals surface area contributed by atoms with Gasteiger partial charge in [0.05, 0.1) is 12.5 Å². The minimum atomic E-state index is 0.340. The van der Waals surface area contributed by atoms with E-state index in [-0.39, 0.29) is 0 Å². The molecule has 0 bridgehead atoms. The van der Waals surface area contributed by atoms with Gasteiger partial charge in [-0.2, -0.15) is 5.26 Å². The Balaban J connectivity index is 2.23. The van der Waals surface area contributed by atoms with E-state index in [1.807, 2.05) is 30.3 Å². The van der Waals surface area contributed by atoms with Crippen molar-refractivity contribution in [3.05, 3.63) is 53.9 Å². The summed E-state index contributed by atoms with van der Waals surface area (Å²) >= 11 is 0. The van der Waals surface area contributed by atoms with Gasteiger partial charge in [-0.3, -0.25) is 4.98 Å². The Kier molecular flexibility index (Phi) is 4.56. The smallest absolute Gasteiger partial charge is 0.0670 e. The molecular formula is C16H18N4. The normalized spacial score (nSPS) is 10.0. The van der Waals surface area contributed by atoms with E-state index >= 15 is 0 Å². The van der Waals surface area contributed by atoms with Gasteiger partial charge in [0, 0.05) is 36.9 Å². The van der Waals surface area contributed by atoms with Crippen molar-refractivity contribution in [2.24, 2.45) is 0 Å². The maximum Gasteiger partial charge on any atom is 0.0670 e. The van der Waals surface area contributed by atoms with Crippen LogP contribution in [0, 0.1) is 11.3 Å². The SMILES string of the molecule is CCN(Cc1ccncc1)c1ccc(N)c(CC#N)c1. The topological polar surface area (TPSA) is 65.9 Å². The van der Waals surface area contributed by atoms with E-state index in [2.05, 4.69) is 22.9 Å². The third-order valence-corrected chi connectivity index (χ3v) is 3.27. The lowest BCUT2D eigenvalue weighted by atomic mass is 10.1. The summed E-state index contributed by atoms with van der Waals surface area (Å²) in [7, 11) is 0. The van der Waals surface area contributed by atoms with Crippen molar-refractivity contribution in [1.82, 2.24) is 4.98 Å². The van der Waals surface area contributed by atoms with Gasteiger partial charge in [0.15, 0.2) is 0 Å². The zero-order valence-corrected chi connectivity index (χ0v) is 11.6. The Morgan fingerprint density at radius 2 is 2.00 bits per heavy atom. The molecule has 0 radical (unpaired) electrons. The molecule has 0 atom stereocenters. The summed E-state index contributed by atoms with van der Waals surface area (Å²) in [4.78, 5) is 6.28. The van der Waals surface area contributed by atoms with E-state index in [1.165, 1.54) is 5.56 Å². The number of nitriles is 1. The minimum absolute atomic E-state index is 0.340. The number of nitrogens with two attached hydrogens (primary N) is 1. The van der Waals surface area contributed by atoms with Crippen LogP contribution in [-0.2, 0) is 13.0 Å². The molecule has 0 aliphatic rings. The molecule has 0 saturated heterocycles. The molecule has 4 nitrogen and oxygen atoms in total. The van der Waals surface area contributed by atoms with E-state index in [1.54, 1.807) is 12.4 Å². The molecular weight excluding hydrogens is 248 g/mol. The maximum atomic E-state index is 8.84. The molecule has 0 aliphatic carbocycles. The van der Waals surface area contributed by atoms with Crippen molar-refractivity contribution in [3.63, 3.8) is 0 Å². The predicted octanol–water partition coefficient (Wildman–Crippen LogP) is 2.76. The van der Waals surface area contributed by atoms with E-state index in [0.29, 0.717) is 12.1 Å². The molecule has 0 fully saturated rings. The highest BCUT2D eigenvalue weighted by molar-refractivity contribution is 5.59. The number of pyridine rings is 1. The fourth-order valence-electron chi connectivity index (χ4n) is 2.12. The highest BCUT2D eigenvalue weighted by atomic mass is 15.1. The molecule has 0 spiro atoms. The number of nitrogen functional groups attached to an aromatic ring is 1. The number of hydrogen-bond donors (Lipinski definition) is 1. The van der Waals surface area contributed by atoms with Crippen molar-refractivity contribution < 1.29 is 0 Å². The standard InChI is InChI=1S/C16H18N4/c1-2-20(12-13-6-9-19-10-7-13)15-3-4-16(18)14(11-15)5-8-17/h3-4,6-7,9-11H,2,5,12,18H2,1H3. The molecule has 0 saturated carbocycles. The van der Waals surface area contributed by atoms with Crippen molar-refractivity contribution in [1.29, 1.82) is 5.26 Å². The van der Waals surface area contributed by atoms with Crippen LogP contribution in [0.25, 0.3) is 0 Å². The maximum absolute atomic E-state index is 8.84. The number of rotatable bonds is 5. The van der Waals surface area contributed by atoms with E-state index in [0.717, 1.165) is 24.3 Å². The van der Waals surface area contributed by atoms with Crippen LogP contribution in [0.2, 0.25) is 0 Å². The quantitative estimate of drug-likeness (QED) is 0.845. The van der Waals surface area contributed by atoms with Gasteiger partial charge in [-0.15, -0.1) is 0 Å². The lowest BCUT2D eigenvalue weighted by Gasteiger charge is -2.24. The molecule has 1 heterocycles. The highest BCUT2D eigenvalue weighted by Gasteiger charge is 2.08. The summed E-state index contributed by atoms with van der Waals surface area (Å²) in [5.41, 5.74) is 9.75. The Bertz CT molecular complexity index is 602. The summed E-state index contributed by atoms with van der Waals surface area (Å²) in [5.74, 6) is 0. The molecule has 4 heteroatoms. The number of aromatic nitrogens is 1. The van der Waals surface area contributed by atoms with Crippen LogP contribution in [0.4, 0.5) is 11.4 Å². The summed E-state index contributed by atoms with van der Waals surface area (Å²) in [6, 6.07) is 12.0. The lowest BCUT2D eigenvalue weighted by Crippen LogP contribution is -2.22. The monoisotopic (exact) mass is 266 g/mol. The molecule has 1 aromatic carbocycles. The Hall–Kier alpha value is -2.54. The molecule has 1 aromatic heterocycles. The summed E-state index contributed by atoms with van der Waals surface area (Å²) < 4.78 is 0. The van der Waals surface area contributed by atoms with Crippen LogP contribution in [0.1, 0.15) is 18.1 Å². The van der Waals surface area contributed by atoms with Crippen LogP contribution in [-0.4, -0.2) is 11.5 Å². The van der Waals surface area contributed by atoms with Gasteiger partial charge in [0.1, 0.15) is 0 Å². The van der Waals surface area contributed by atoms with Crippen LogP contribution < -0.4 is 10.6 Å². The first-order valence-corrected chi connectivity index (χ1v) is 6.63. The van der Waals surface area contributed by atoms with Gasteiger partial charge in [-0.25, -0.2) is 0 Å². The second-order valence-electron chi connectivity index (χ2n) is 4.59. The second kappa shape index (κ2) is 6.58. The van der Waals surface area contributed by atoms with E-state index < -0.39 is 0 Å². The zero-order valence-electron chi connectivity index (χ0n) is 11.6. The lowest BCUT2D eigenvalue weighted by molar-refractivity contribution is 0.829. The van der Waals surface area contributed by atoms with Crippen molar-refractivity contribution in [2.75, 3.05) is 17.2 Å². The van der Waals surface area contributed by atoms with Gasteiger partial charge in [0.2, 0.25) is 0 Å². The van der Waals surface area contributed by atoms with Gasteiger partial charge in [0.25, 0.3) is 0 Å². The predicted molar refractivity (Wildman–Crippen MR) is 81.1 cm³/mol. The van der Waals surface area contributed by atoms with Crippen LogP contribution in [0.3, 0.4) is 0 Å². The number of benzene rings is 1. The third-order valence-electron chi connectivity index (χ3n) is 3.27. The zero-order chi connectivity index (χ0) is 14.4. The fourth-order valence-corrected chi connectivity index (χ4v) is 2.12. The molecule has 2 aromatic rings. The second-order valence-corrected chi connectivity index (χ2v) is 4.59. The Labute approximate surface area is 119 Å². The molecule has 102 valence electrons. The number of hydrogen-bond acceptors (Lipinski definition) is 4. The molecule has 0 amide bonds. The first-order valence-electron chi connectivity index (χ1n) is 6.63. The third kappa shape index (κ3) is 3.27. The fraction of sp³-hybridized carbons (Fsp3) is 0.250. The summed E-state index contributed by atoms with van der Waals surface area (Å²) in [6.45, 7) is 3.81. The number of nitrogens with zero attached hydrogens (tertiary/aromatic N) is 3. The van der Waals surface area contributed by atoms with Gasteiger partial charge >= 0.3 is 0 Å². The van der Waals surface area contributed by atoms with E-state index in [9.17, 15) is 0 Å². The molecule has 0 aliphatic heterocycles. The average Bonchev–Trinajstić information content (AvgIpc) is 2.48. The van der Waals surface area contributed by atoms with Gasteiger partial charge < -0.3 is 10.6 Å². The van der Waals surface area contributed by atoms with Crippen LogP contribution in [0.5, 0.6) is 0 Å². The number of anilines is 2.